The van der Waals surface area contributed by atoms with Gasteiger partial charge in [-0.15, -0.1) is 0 Å². The van der Waals surface area contributed by atoms with Gasteiger partial charge in [0, 0.05) is 19.4 Å². The zero-order valence-corrected chi connectivity index (χ0v) is 14.1. The number of nitrogens with one attached hydrogen (secondary N) is 1. The zero-order valence-electron chi connectivity index (χ0n) is 14.1. The molecule has 2 atom stereocenters. The van der Waals surface area contributed by atoms with Crippen molar-refractivity contribution in [2.24, 2.45) is 0 Å². The Bertz CT molecular complexity index is 763. The van der Waals surface area contributed by atoms with Gasteiger partial charge >= 0.3 is 0 Å². The normalized spacial score (nSPS) is 24.2. The van der Waals surface area contributed by atoms with Gasteiger partial charge in [-0.05, 0) is 30.9 Å². The van der Waals surface area contributed by atoms with Gasteiger partial charge < -0.3 is 19.7 Å². The minimum Gasteiger partial charge on any atom is -0.379 e. The number of fused-ring (bicyclic) bond motifs is 1. The maximum absolute atomic E-state index is 12.5. The number of aromatic nitrogens is 2. The molecule has 7 nitrogen and oxygen atoms in total. The molecule has 7 heteroatoms. The van der Waals surface area contributed by atoms with Crippen molar-refractivity contribution in [3.8, 4) is 0 Å². The number of hydrogen-bond acceptors (Lipinski definition) is 6. The Labute approximate surface area is 145 Å². The first-order valence-electron chi connectivity index (χ1n) is 8.57. The third-order valence-electron chi connectivity index (χ3n) is 4.92. The molecular weight excluding hydrogens is 322 g/mol. The molecule has 0 saturated carbocycles. The van der Waals surface area contributed by atoms with E-state index in [9.17, 15) is 9.90 Å². The fraction of sp³-hybridized carbons (Fsp3) is 0.500. The lowest BCUT2D eigenvalue weighted by atomic mass is 9.99. The monoisotopic (exact) mass is 343 g/mol. The molecule has 2 aliphatic rings. The van der Waals surface area contributed by atoms with E-state index in [-0.39, 0.29) is 18.1 Å². The number of carbonyl (C=O) groups excluding carboxylic acids is 1. The van der Waals surface area contributed by atoms with E-state index in [0.717, 1.165) is 24.0 Å². The van der Waals surface area contributed by atoms with E-state index < -0.39 is 5.60 Å². The van der Waals surface area contributed by atoms with Gasteiger partial charge in [0.15, 0.2) is 11.4 Å². The van der Waals surface area contributed by atoms with Crippen LogP contribution >= 0.6 is 0 Å². The molecule has 4 rings (SSSR count). The summed E-state index contributed by atoms with van der Waals surface area (Å²) >= 11 is 0. The van der Waals surface area contributed by atoms with Crippen LogP contribution in [0.25, 0.3) is 0 Å². The van der Waals surface area contributed by atoms with Crippen LogP contribution in [-0.2, 0) is 22.4 Å². The van der Waals surface area contributed by atoms with Crippen molar-refractivity contribution in [2.75, 3.05) is 6.54 Å². The first kappa shape index (κ1) is 16.2. The molecule has 0 spiro atoms. The highest BCUT2D eigenvalue weighted by Gasteiger charge is 2.42. The smallest absolute Gasteiger partial charge is 0.255 e. The van der Waals surface area contributed by atoms with E-state index >= 15 is 0 Å². The molecule has 1 amide bonds. The summed E-state index contributed by atoms with van der Waals surface area (Å²) < 4.78 is 11.0. The zero-order chi connectivity index (χ0) is 17.4. The Kier molecular flexibility index (Phi) is 4.05. The second-order valence-corrected chi connectivity index (χ2v) is 6.87. The van der Waals surface area contributed by atoms with E-state index in [0.29, 0.717) is 31.1 Å². The Morgan fingerprint density at radius 2 is 2.04 bits per heavy atom. The Balaban J connectivity index is 1.31. The van der Waals surface area contributed by atoms with E-state index in [2.05, 4.69) is 15.5 Å². The summed E-state index contributed by atoms with van der Waals surface area (Å²) in [7, 11) is 0. The molecule has 25 heavy (non-hydrogen) atoms. The molecule has 0 unspecified atom stereocenters. The standard InChI is InChI=1S/C18H21N3O4/c1-11-20-16(25-21-11)15-7-6-14(24-15)10-19-17(22)18(23)8-12-4-2-3-5-13(12)9-18/h2-5,14-15,23H,6-10H2,1H3,(H,19,22)/t14-,15+/m1/s1. The number of benzene rings is 1. The fourth-order valence-electron chi connectivity index (χ4n) is 3.61. The lowest BCUT2D eigenvalue weighted by Crippen LogP contribution is -2.49. The van der Waals surface area contributed by atoms with Crippen LogP contribution in [0.1, 0.15) is 41.8 Å². The predicted octanol–water partition coefficient (Wildman–Crippen LogP) is 1.24. The lowest BCUT2D eigenvalue weighted by Gasteiger charge is -2.22. The van der Waals surface area contributed by atoms with Gasteiger partial charge in [0.25, 0.3) is 11.8 Å². The maximum atomic E-state index is 12.5. The molecule has 1 aromatic heterocycles. The molecule has 2 aromatic rings. The van der Waals surface area contributed by atoms with E-state index in [1.54, 1.807) is 6.92 Å². The number of ether oxygens (including phenoxy) is 1. The van der Waals surface area contributed by atoms with Crippen molar-refractivity contribution in [1.29, 1.82) is 0 Å². The lowest BCUT2D eigenvalue weighted by molar-refractivity contribution is -0.139. The maximum Gasteiger partial charge on any atom is 0.255 e. The van der Waals surface area contributed by atoms with Crippen LogP contribution in [0.2, 0.25) is 0 Å². The first-order chi connectivity index (χ1) is 12.0. The quantitative estimate of drug-likeness (QED) is 0.867. The molecule has 1 aliphatic heterocycles. The molecule has 0 bridgehead atoms. The second kappa shape index (κ2) is 6.24. The highest BCUT2D eigenvalue weighted by molar-refractivity contribution is 5.86. The van der Waals surface area contributed by atoms with Gasteiger partial charge in [-0.25, -0.2) is 0 Å². The number of aliphatic hydroxyl groups is 1. The van der Waals surface area contributed by atoms with Gasteiger partial charge in [-0.1, -0.05) is 29.4 Å². The molecule has 1 saturated heterocycles. The molecular formula is C18H21N3O4. The second-order valence-electron chi connectivity index (χ2n) is 6.87. The molecule has 2 N–H and O–H groups in total. The summed E-state index contributed by atoms with van der Waals surface area (Å²) in [6, 6.07) is 7.76. The largest absolute Gasteiger partial charge is 0.379 e. The number of rotatable bonds is 4. The third kappa shape index (κ3) is 3.17. The van der Waals surface area contributed by atoms with Crippen LogP contribution < -0.4 is 5.32 Å². The molecule has 132 valence electrons. The third-order valence-corrected chi connectivity index (χ3v) is 4.92. The van der Waals surface area contributed by atoms with Crippen molar-refractivity contribution in [3.05, 3.63) is 47.1 Å². The molecule has 1 fully saturated rings. The highest BCUT2D eigenvalue weighted by Crippen LogP contribution is 2.32. The van der Waals surface area contributed by atoms with Gasteiger partial charge in [-0.3, -0.25) is 4.79 Å². The van der Waals surface area contributed by atoms with Crippen LogP contribution in [0.4, 0.5) is 0 Å². The predicted molar refractivity (Wildman–Crippen MR) is 87.7 cm³/mol. The van der Waals surface area contributed by atoms with E-state index in [1.807, 2.05) is 24.3 Å². The van der Waals surface area contributed by atoms with Crippen LogP contribution in [0.3, 0.4) is 0 Å². The van der Waals surface area contributed by atoms with Crippen molar-refractivity contribution in [3.63, 3.8) is 0 Å². The van der Waals surface area contributed by atoms with Crippen molar-refractivity contribution < 1.29 is 19.2 Å². The molecule has 0 radical (unpaired) electrons. The van der Waals surface area contributed by atoms with E-state index in [4.69, 9.17) is 9.26 Å². The number of carbonyl (C=O) groups is 1. The summed E-state index contributed by atoms with van der Waals surface area (Å²) in [5, 5.41) is 17.3. The van der Waals surface area contributed by atoms with E-state index in [1.165, 1.54) is 0 Å². The van der Waals surface area contributed by atoms with Gasteiger partial charge in [0.1, 0.15) is 6.10 Å². The summed E-state index contributed by atoms with van der Waals surface area (Å²) in [5.74, 6) is 0.721. The summed E-state index contributed by atoms with van der Waals surface area (Å²) in [4.78, 5) is 16.7. The van der Waals surface area contributed by atoms with Crippen LogP contribution in [0.15, 0.2) is 28.8 Å². The van der Waals surface area contributed by atoms with Gasteiger partial charge in [0.05, 0.1) is 6.10 Å². The number of hydrogen-bond donors (Lipinski definition) is 2. The first-order valence-corrected chi connectivity index (χ1v) is 8.57. The number of amides is 1. The van der Waals surface area contributed by atoms with Crippen molar-refractivity contribution in [2.45, 2.75) is 50.4 Å². The SMILES string of the molecule is Cc1noc([C@@H]2CC[C@H](CNC(=O)C3(O)Cc4ccccc4C3)O2)n1. The molecule has 1 aromatic carbocycles. The van der Waals surface area contributed by atoms with Crippen LogP contribution in [-0.4, -0.2) is 39.4 Å². The summed E-state index contributed by atoms with van der Waals surface area (Å²) in [6.45, 7) is 2.13. The van der Waals surface area contributed by atoms with Crippen molar-refractivity contribution in [1.82, 2.24) is 15.5 Å². The topological polar surface area (TPSA) is 97.5 Å². The number of aryl methyl sites for hydroxylation is 1. The number of nitrogens with zero attached hydrogens (tertiary/aromatic N) is 2. The van der Waals surface area contributed by atoms with Gasteiger partial charge in [0.2, 0.25) is 0 Å². The Hall–Kier alpha value is -2.25. The van der Waals surface area contributed by atoms with Crippen molar-refractivity contribution >= 4 is 5.91 Å². The average Bonchev–Trinajstić information content (AvgIpc) is 3.30. The fourth-order valence-corrected chi connectivity index (χ4v) is 3.61. The summed E-state index contributed by atoms with van der Waals surface area (Å²) in [5.41, 5.74) is 0.693. The molecule has 1 aliphatic carbocycles. The van der Waals surface area contributed by atoms with Crippen LogP contribution in [0, 0.1) is 6.92 Å². The van der Waals surface area contributed by atoms with Gasteiger partial charge in [-0.2, -0.15) is 4.98 Å². The minimum absolute atomic E-state index is 0.117. The Morgan fingerprint density at radius 1 is 1.32 bits per heavy atom. The molecule has 2 heterocycles. The minimum atomic E-state index is -1.37. The summed E-state index contributed by atoms with van der Waals surface area (Å²) in [6.07, 6.45) is 1.94. The Morgan fingerprint density at radius 3 is 2.68 bits per heavy atom. The average molecular weight is 343 g/mol. The van der Waals surface area contributed by atoms with Crippen LogP contribution in [0.5, 0.6) is 0 Å². The highest BCUT2D eigenvalue weighted by atomic mass is 16.5.